The van der Waals surface area contributed by atoms with Crippen LogP contribution in [0.5, 0.6) is 0 Å². The molecule has 0 spiro atoms. The Hall–Kier alpha value is -0.850. The molecule has 0 nitrogen and oxygen atoms in total. The summed E-state index contributed by atoms with van der Waals surface area (Å²) in [7, 11) is 0. The molecule has 1 saturated carbocycles. The van der Waals surface area contributed by atoms with Crippen LogP contribution in [-0.4, -0.2) is 0 Å². The molecule has 1 aromatic carbocycles. The van der Waals surface area contributed by atoms with E-state index in [0.717, 1.165) is 35.4 Å². The highest BCUT2D eigenvalue weighted by Gasteiger charge is 2.17. The maximum atomic E-state index is 13.7. The fourth-order valence-electron chi connectivity index (χ4n) is 2.61. The molecule has 1 aliphatic carbocycles. The highest BCUT2D eigenvalue weighted by Crippen LogP contribution is 2.31. The second kappa shape index (κ2) is 7.56. The molecule has 102 valence electrons. The maximum Gasteiger partial charge on any atom is 0.126 e. The summed E-state index contributed by atoms with van der Waals surface area (Å²) < 4.78 is 13.7. The molecule has 18 heavy (non-hydrogen) atoms. The number of rotatable bonds is 4. The van der Waals surface area contributed by atoms with Gasteiger partial charge >= 0.3 is 0 Å². The van der Waals surface area contributed by atoms with E-state index in [1.165, 1.54) is 25.7 Å². The second-order valence-electron chi connectivity index (χ2n) is 5.23. The van der Waals surface area contributed by atoms with E-state index in [1.807, 2.05) is 27.7 Å². The van der Waals surface area contributed by atoms with Crippen LogP contribution in [0.3, 0.4) is 0 Å². The van der Waals surface area contributed by atoms with Crippen molar-refractivity contribution in [3.8, 4) is 0 Å². The average molecular weight is 250 g/mol. The molecule has 0 atom stereocenters. The number of hydrogen-bond acceptors (Lipinski definition) is 0. The Balaban J connectivity index is 0.000000771. The highest BCUT2D eigenvalue weighted by molar-refractivity contribution is 5.32. The van der Waals surface area contributed by atoms with E-state index in [2.05, 4.69) is 6.07 Å². The van der Waals surface area contributed by atoms with Crippen molar-refractivity contribution < 1.29 is 4.39 Å². The molecule has 2 rings (SSSR count). The van der Waals surface area contributed by atoms with E-state index < -0.39 is 0 Å². The molecular weight excluding hydrogens is 223 g/mol. The van der Waals surface area contributed by atoms with Crippen molar-refractivity contribution in [2.24, 2.45) is 5.92 Å². The summed E-state index contributed by atoms with van der Waals surface area (Å²) in [6.45, 7) is 7.98. The van der Waals surface area contributed by atoms with Crippen LogP contribution in [0.15, 0.2) is 12.1 Å². The van der Waals surface area contributed by atoms with E-state index in [9.17, 15) is 4.39 Å². The van der Waals surface area contributed by atoms with E-state index in [-0.39, 0.29) is 5.82 Å². The van der Waals surface area contributed by atoms with Crippen LogP contribution < -0.4 is 0 Å². The predicted molar refractivity (Wildman–Crippen MR) is 77.5 cm³/mol. The van der Waals surface area contributed by atoms with Gasteiger partial charge in [0.15, 0.2) is 0 Å². The smallest absolute Gasteiger partial charge is 0.126 e. The molecular formula is C17H27F. The van der Waals surface area contributed by atoms with Crippen molar-refractivity contribution in [3.05, 3.63) is 34.6 Å². The molecule has 0 radical (unpaired) electrons. The molecule has 0 amide bonds. The Labute approximate surface area is 112 Å². The van der Waals surface area contributed by atoms with Crippen LogP contribution in [0.1, 0.15) is 62.6 Å². The summed E-state index contributed by atoms with van der Waals surface area (Å²) in [5.41, 5.74) is 3.08. The molecule has 1 heteroatoms. The first kappa shape index (κ1) is 15.2. The van der Waals surface area contributed by atoms with E-state index in [1.54, 1.807) is 6.07 Å². The van der Waals surface area contributed by atoms with Crippen LogP contribution in [-0.2, 0) is 6.42 Å². The van der Waals surface area contributed by atoms with Gasteiger partial charge in [0.25, 0.3) is 0 Å². The van der Waals surface area contributed by atoms with Crippen molar-refractivity contribution in [1.82, 2.24) is 0 Å². The van der Waals surface area contributed by atoms with Gasteiger partial charge in [-0.2, -0.15) is 0 Å². The minimum Gasteiger partial charge on any atom is -0.207 e. The molecule has 0 heterocycles. The third-order valence-corrected chi connectivity index (χ3v) is 3.83. The number of aryl methyl sites for hydroxylation is 2. The fourth-order valence-corrected chi connectivity index (χ4v) is 2.61. The largest absolute Gasteiger partial charge is 0.207 e. The van der Waals surface area contributed by atoms with Crippen molar-refractivity contribution in [2.75, 3.05) is 0 Å². The van der Waals surface area contributed by atoms with Gasteiger partial charge in [-0.3, -0.25) is 0 Å². The lowest BCUT2D eigenvalue weighted by Gasteiger charge is -2.25. The lowest BCUT2D eigenvalue weighted by atomic mass is 9.81. The van der Waals surface area contributed by atoms with Gasteiger partial charge in [-0.05, 0) is 55.4 Å². The highest BCUT2D eigenvalue weighted by atomic mass is 19.1. The Morgan fingerprint density at radius 3 is 2.33 bits per heavy atom. The van der Waals surface area contributed by atoms with Gasteiger partial charge in [0.2, 0.25) is 0 Å². The molecule has 0 N–H and O–H groups in total. The SMILES string of the molecule is CC.Cc1cc(C)c(CCCC2CCC2)c(F)c1. The predicted octanol–water partition coefficient (Wildman–Crippen LogP) is 5.59. The van der Waals surface area contributed by atoms with Gasteiger partial charge in [0.05, 0.1) is 0 Å². The van der Waals surface area contributed by atoms with E-state index in [0.29, 0.717) is 0 Å². The Morgan fingerprint density at radius 1 is 1.17 bits per heavy atom. The van der Waals surface area contributed by atoms with Crippen molar-refractivity contribution >= 4 is 0 Å². The summed E-state index contributed by atoms with van der Waals surface area (Å²) in [6, 6.07) is 3.74. The van der Waals surface area contributed by atoms with Gasteiger partial charge in [-0.25, -0.2) is 4.39 Å². The third kappa shape index (κ3) is 4.12. The van der Waals surface area contributed by atoms with Crippen LogP contribution >= 0.6 is 0 Å². The summed E-state index contributed by atoms with van der Waals surface area (Å²) in [6.07, 6.45) is 7.54. The Morgan fingerprint density at radius 2 is 1.83 bits per heavy atom. The monoisotopic (exact) mass is 250 g/mol. The molecule has 0 bridgehead atoms. The van der Waals surface area contributed by atoms with Gasteiger partial charge in [-0.1, -0.05) is 45.6 Å². The van der Waals surface area contributed by atoms with Crippen LogP contribution in [0, 0.1) is 25.6 Å². The summed E-state index contributed by atoms with van der Waals surface area (Å²) in [4.78, 5) is 0. The molecule has 0 unspecified atom stereocenters. The zero-order chi connectivity index (χ0) is 13.5. The van der Waals surface area contributed by atoms with E-state index in [4.69, 9.17) is 0 Å². The first-order chi connectivity index (χ1) is 8.66. The summed E-state index contributed by atoms with van der Waals surface area (Å²) in [5, 5.41) is 0. The molecule has 0 aliphatic heterocycles. The van der Waals surface area contributed by atoms with Gasteiger partial charge in [0.1, 0.15) is 5.82 Å². The second-order valence-corrected chi connectivity index (χ2v) is 5.23. The first-order valence-electron chi connectivity index (χ1n) is 7.42. The van der Waals surface area contributed by atoms with E-state index >= 15 is 0 Å². The molecule has 1 aromatic rings. The average Bonchev–Trinajstić information content (AvgIpc) is 2.27. The Kier molecular flexibility index (Phi) is 6.38. The van der Waals surface area contributed by atoms with Crippen LogP contribution in [0.25, 0.3) is 0 Å². The maximum absolute atomic E-state index is 13.7. The summed E-state index contributed by atoms with van der Waals surface area (Å²) in [5.74, 6) is 0.930. The number of hydrogen-bond donors (Lipinski definition) is 0. The molecule has 1 aliphatic rings. The molecule has 0 saturated heterocycles. The molecule has 1 fully saturated rings. The van der Waals surface area contributed by atoms with Gasteiger partial charge in [-0.15, -0.1) is 0 Å². The van der Waals surface area contributed by atoms with Crippen molar-refractivity contribution in [2.45, 2.75) is 66.2 Å². The van der Waals surface area contributed by atoms with Crippen LogP contribution in [0.4, 0.5) is 4.39 Å². The number of benzene rings is 1. The Bertz CT molecular complexity index is 341. The lowest BCUT2D eigenvalue weighted by Crippen LogP contribution is -2.11. The quantitative estimate of drug-likeness (QED) is 0.653. The van der Waals surface area contributed by atoms with Crippen LogP contribution in [0.2, 0.25) is 0 Å². The zero-order valence-electron chi connectivity index (χ0n) is 12.4. The minimum absolute atomic E-state index is 0.00823. The first-order valence-corrected chi connectivity index (χ1v) is 7.42. The normalized spacial score (nSPS) is 14.7. The minimum atomic E-state index is -0.00823. The third-order valence-electron chi connectivity index (χ3n) is 3.83. The topological polar surface area (TPSA) is 0 Å². The molecule has 0 aromatic heterocycles. The van der Waals surface area contributed by atoms with Gasteiger partial charge in [0, 0.05) is 0 Å². The lowest BCUT2D eigenvalue weighted by molar-refractivity contribution is 0.289. The fraction of sp³-hybridized carbons (Fsp3) is 0.647. The van der Waals surface area contributed by atoms with Gasteiger partial charge < -0.3 is 0 Å². The van der Waals surface area contributed by atoms with Crippen molar-refractivity contribution in [3.63, 3.8) is 0 Å². The van der Waals surface area contributed by atoms with Crippen molar-refractivity contribution in [1.29, 1.82) is 0 Å². The standard InChI is InChI=1S/C15H21F.C2H6/c1-11-9-12(2)14(15(16)10-11)8-4-7-13-5-3-6-13;1-2/h9-10,13H,3-8H2,1-2H3;1-2H3. The number of halogens is 1. The summed E-state index contributed by atoms with van der Waals surface area (Å²) >= 11 is 0. The zero-order valence-corrected chi connectivity index (χ0v) is 12.4.